The lowest BCUT2D eigenvalue weighted by atomic mass is 9.69. The number of aliphatic imine (C=N–C) groups is 2. The Morgan fingerprint density at radius 3 is 2.71 bits per heavy atom. The van der Waals surface area contributed by atoms with Crippen LogP contribution in [0.5, 0.6) is 5.75 Å². The van der Waals surface area contributed by atoms with Crippen LogP contribution < -0.4 is 4.74 Å². The van der Waals surface area contributed by atoms with Crippen molar-refractivity contribution in [2.24, 2.45) is 15.9 Å². The van der Waals surface area contributed by atoms with E-state index in [1.54, 1.807) is 18.6 Å². The predicted octanol–water partition coefficient (Wildman–Crippen LogP) is 3.90. The van der Waals surface area contributed by atoms with Crippen molar-refractivity contribution in [2.45, 2.75) is 25.0 Å². The zero-order chi connectivity index (χ0) is 21.5. The number of aliphatic hydroxyl groups is 2. The first-order valence-corrected chi connectivity index (χ1v) is 10.6. The molecule has 1 atom stereocenters. The van der Waals surface area contributed by atoms with E-state index in [2.05, 4.69) is 4.99 Å². The normalized spacial score (nSPS) is 28.9. The summed E-state index contributed by atoms with van der Waals surface area (Å²) in [5.74, 6) is 1.42. The van der Waals surface area contributed by atoms with Gasteiger partial charge >= 0.3 is 0 Å². The number of aliphatic hydroxyl groups excluding tert-OH is 1. The van der Waals surface area contributed by atoms with Crippen LogP contribution in [0.1, 0.15) is 24.0 Å². The second-order valence-electron chi connectivity index (χ2n) is 8.21. The van der Waals surface area contributed by atoms with E-state index in [4.69, 9.17) is 21.5 Å². The Hall–Kier alpha value is -2.77. The lowest BCUT2D eigenvalue weighted by molar-refractivity contribution is -0.600. The fourth-order valence-electron chi connectivity index (χ4n) is 4.27. The monoisotopic (exact) mass is 436 g/mol. The Labute approximate surface area is 185 Å². The van der Waals surface area contributed by atoms with Gasteiger partial charge in [-0.05, 0) is 36.6 Å². The third-order valence-corrected chi connectivity index (χ3v) is 6.43. The van der Waals surface area contributed by atoms with Crippen molar-refractivity contribution < 1.29 is 19.0 Å². The summed E-state index contributed by atoms with van der Waals surface area (Å²) in [7, 11) is 0. The van der Waals surface area contributed by atoms with Crippen molar-refractivity contribution in [3.05, 3.63) is 89.5 Å². The van der Waals surface area contributed by atoms with Crippen molar-refractivity contribution in [1.29, 1.82) is 0 Å². The molecule has 5 rings (SSSR count). The fourth-order valence-corrected chi connectivity index (χ4v) is 4.58. The molecular weight excluding hydrogens is 414 g/mol. The largest absolute Gasteiger partial charge is 0.489 e. The fraction of sp³-hybridized carbons (Fsp3) is 0.250. The number of rotatable bonds is 6. The Morgan fingerprint density at radius 1 is 1.13 bits per heavy atom. The van der Waals surface area contributed by atoms with Crippen LogP contribution in [0.25, 0.3) is 0 Å². The molecule has 158 valence electrons. The van der Waals surface area contributed by atoms with Gasteiger partial charge in [-0.3, -0.25) is 4.99 Å². The summed E-state index contributed by atoms with van der Waals surface area (Å²) in [4.78, 5) is 9.15. The number of quaternary nitrogens is 1. The molecule has 6 nitrogen and oxygen atoms in total. The molecule has 3 aliphatic rings. The lowest BCUT2D eigenvalue weighted by Crippen LogP contribution is -2.47. The van der Waals surface area contributed by atoms with Gasteiger partial charge in [-0.15, -0.1) is 4.00 Å². The maximum absolute atomic E-state index is 10.3. The average molecular weight is 437 g/mol. The molecule has 7 heteroatoms. The van der Waals surface area contributed by atoms with Crippen molar-refractivity contribution in [1.82, 2.24) is 0 Å². The number of halogens is 1. The second-order valence-corrected chi connectivity index (χ2v) is 8.74. The van der Waals surface area contributed by atoms with Crippen LogP contribution >= 0.6 is 11.8 Å². The molecule has 2 aromatic carbocycles. The minimum absolute atomic E-state index is 0.0244. The van der Waals surface area contributed by atoms with Gasteiger partial charge in [-0.25, -0.2) is 0 Å². The topological polar surface area (TPSA) is 74.4 Å². The highest BCUT2D eigenvalue weighted by Gasteiger charge is 2.52. The zero-order valence-electron chi connectivity index (χ0n) is 16.9. The Balaban J connectivity index is 1.43. The van der Waals surface area contributed by atoms with Crippen molar-refractivity contribution in [2.75, 3.05) is 6.61 Å². The van der Waals surface area contributed by atoms with E-state index >= 15 is 0 Å². The molecule has 1 fully saturated rings. The maximum atomic E-state index is 10.3. The quantitative estimate of drug-likeness (QED) is 0.674. The summed E-state index contributed by atoms with van der Waals surface area (Å²) >= 11 is 7.04. The first-order chi connectivity index (χ1) is 15.0. The zero-order valence-corrected chi connectivity index (χ0v) is 17.6. The molecule has 31 heavy (non-hydrogen) atoms. The number of ether oxygens (including phenoxy) is 1. The molecule has 2 aromatic rings. The number of benzene rings is 2. The van der Waals surface area contributed by atoms with Gasteiger partial charge in [0.15, 0.2) is 11.8 Å². The summed E-state index contributed by atoms with van der Waals surface area (Å²) in [6, 6.07) is 17.7. The van der Waals surface area contributed by atoms with E-state index < -0.39 is 5.60 Å². The van der Waals surface area contributed by atoms with Crippen LogP contribution in [0.3, 0.4) is 0 Å². The van der Waals surface area contributed by atoms with Gasteiger partial charge in [0.1, 0.15) is 24.3 Å². The molecule has 1 saturated carbocycles. The SMILES string of the molecule is OCC1(O)CC(C2=C3C=NC=C[N+]3(Cl)C(c3cccc(OCc4ccccc4)c3)=N2)C1. The van der Waals surface area contributed by atoms with Gasteiger partial charge in [-0.2, -0.15) is 4.99 Å². The first kappa shape index (κ1) is 20.2. The molecular formula is C24H23ClN3O3+. The summed E-state index contributed by atoms with van der Waals surface area (Å²) in [6.07, 6.45) is 6.08. The minimum Gasteiger partial charge on any atom is -0.489 e. The highest BCUT2D eigenvalue weighted by Crippen LogP contribution is 2.48. The van der Waals surface area contributed by atoms with Crippen molar-refractivity contribution >= 4 is 23.8 Å². The maximum Gasteiger partial charge on any atom is 0.263 e. The summed E-state index contributed by atoms with van der Waals surface area (Å²) in [5, 5.41) is 19.7. The molecule has 0 saturated heterocycles. The number of amidine groups is 1. The Bertz CT molecular complexity index is 1120. The average Bonchev–Trinajstić information content (AvgIpc) is 3.09. The van der Waals surface area contributed by atoms with Gasteiger partial charge in [0.2, 0.25) is 5.70 Å². The van der Waals surface area contributed by atoms with Gasteiger partial charge < -0.3 is 14.9 Å². The van der Waals surface area contributed by atoms with E-state index in [1.807, 2.05) is 54.6 Å². The van der Waals surface area contributed by atoms with E-state index in [1.165, 1.54) is 0 Å². The number of allylic oxidation sites excluding steroid dienone is 2. The van der Waals surface area contributed by atoms with E-state index in [9.17, 15) is 10.2 Å². The molecule has 2 N–H and O–H groups in total. The lowest BCUT2D eigenvalue weighted by Gasteiger charge is -2.41. The summed E-state index contributed by atoms with van der Waals surface area (Å²) in [6.45, 7) is 0.221. The van der Waals surface area contributed by atoms with E-state index in [-0.39, 0.29) is 16.5 Å². The van der Waals surface area contributed by atoms with E-state index in [0.717, 1.165) is 28.3 Å². The number of hydrogen-bond acceptors (Lipinski definition) is 5. The smallest absolute Gasteiger partial charge is 0.263 e. The summed E-state index contributed by atoms with van der Waals surface area (Å²) < 4.78 is 5.88. The molecule has 2 heterocycles. The third-order valence-electron chi connectivity index (χ3n) is 5.98. The van der Waals surface area contributed by atoms with Gasteiger partial charge in [0, 0.05) is 5.92 Å². The molecule has 2 aliphatic heterocycles. The van der Waals surface area contributed by atoms with Gasteiger partial charge in [-0.1, -0.05) is 36.4 Å². The van der Waals surface area contributed by atoms with E-state index in [0.29, 0.717) is 25.3 Å². The standard InChI is InChI=1S/C24H23ClN3O3/c25-28-10-9-26-14-21(28)22(19-12-24(30,13-19)16-29)27-23(28)18-7-4-8-20(11-18)31-15-17-5-2-1-3-6-17/h1-11,14,19,29-30H,12-13,15-16H2/q+1. The molecule has 1 aliphatic carbocycles. The minimum atomic E-state index is -1.04. The van der Waals surface area contributed by atoms with Gasteiger partial charge in [0.05, 0.1) is 30.2 Å². The van der Waals surface area contributed by atoms with Crippen LogP contribution in [0.2, 0.25) is 0 Å². The molecule has 1 unspecified atom stereocenters. The summed E-state index contributed by atoms with van der Waals surface area (Å²) in [5.41, 5.74) is 2.50. The molecule has 0 amide bonds. The van der Waals surface area contributed by atoms with Gasteiger partial charge in [0.25, 0.3) is 5.84 Å². The molecule has 0 aromatic heterocycles. The van der Waals surface area contributed by atoms with Crippen LogP contribution in [-0.2, 0) is 6.61 Å². The Morgan fingerprint density at radius 2 is 1.94 bits per heavy atom. The Kier molecular flexibility index (Phi) is 5.02. The van der Waals surface area contributed by atoms with Crippen LogP contribution in [0, 0.1) is 5.92 Å². The van der Waals surface area contributed by atoms with Crippen LogP contribution in [0.15, 0.2) is 88.4 Å². The number of hydrogen-bond donors (Lipinski definition) is 2. The molecule has 0 spiro atoms. The number of fused-ring (bicyclic) bond motifs is 1. The third kappa shape index (κ3) is 3.62. The molecule has 0 radical (unpaired) electrons. The highest BCUT2D eigenvalue weighted by molar-refractivity contribution is 6.20. The first-order valence-electron chi connectivity index (χ1n) is 10.2. The van der Waals surface area contributed by atoms with Crippen molar-refractivity contribution in [3.8, 4) is 5.75 Å². The number of nitrogens with zero attached hydrogens (tertiary/aromatic N) is 3. The molecule has 0 bridgehead atoms. The second kappa shape index (κ2) is 7.73. The van der Waals surface area contributed by atoms with Crippen molar-refractivity contribution in [3.63, 3.8) is 0 Å². The van der Waals surface area contributed by atoms with Crippen LogP contribution in [-0.4, -0.2) is 38.5 Å². The highest BCUT2D eigenvalue weighted by atomic mass is 35.5. The van der Waals surface area contributed by atoms with Crippen LogP contribution in [0.4, 0.5) is 0 Å². The predicted molar refractivity (Wildman–Crippen MR) is 119 cm³/mol.